The van der Waals surface area contributed by atoms with Crippen LogP contribution in [0.4, 0.5) is 10.1 Å². The smallest absolute Gasteiger partial charge is 0.344 e. The third-order valence-corrected chi connectivity index (χ3v) is 4.56. The maximum atomic E-state index is 13.6. The van der Waals surface area contributed by atoms with Gasteiger partial charge in [0.15, 0.2) is 24.8 Å². The molecular formula is C21H22BrFN2O5. The van der Waals surface area contributed by atoms with Crippen molar-refractivity contribution in [3.8, 4) is 5.75 Å². The minimum Gasteiger partial charge on any atom is -0.479 e. The number of carbonyl (C=O) groups excluding carboxylic acids is 3. The van der Waals surface area contributed by atoms with Gasteiger partial charge in [-0.1, -0.05) is 28.1 Å². The summed E-state index contributed by atoms with van der Waals surface area (Å²) in [4.78, 5) is 37.1. The van der Waals surface area contributed by atoms with Gasteiger partial charge in [-0.2, -0.15) is 0 Å². The summed E-state index contributed by atoms with van der Waals surface area (Å²) in [6.45, 7) is 2.46. The summed E-state index contributed by atoms with van der Waals surface area (Å²) in [6.07, 6.45) is 0. The van der Waals surface area contributed by atoms with E-state index in [0.29, 0.717) is 10.2 Å². The van der Waals surface area contributed by atoms with E-state index in [1.807, 2.05) is 32.0 Å². The molecule has 160 valence electrons. The minimum atomic E-state index is -0.834. The van der Waals surface area contributed by atoms with Gasteiger partial charge in [-0.25, -0.2) is 9.18 Å². The Balaban J connectivity index is 1.76. The molecule has 0 spiro atoms. The lowest BCUT2D eigenvalue weighted by molar-refractivity contribution is -0.153. The zero-order valence-corrected chi connectivity index (χ0v) is 18.4. The molecule has 0 aliphatic rings. The van der Waals surface area contributed by atoms with Crippen LogP contribution in [0.1, 0.15) is 11.1 Å². The number of halogens is 2. The van der Waals surface area contributed by atoms with Crippen LogP contribution in [0.3, 0.4) is 0 Å². The second-order valence-electron chi connectivity index (χ2n) is 6.64. The normalized spacial score (nSPS) is 10.3. The second kappa shape index (κ2) is 10.7. The van der Waals surface area contributed by atoms with Crippen molar-refractivity contribution in [2.45, 2.75) is 13.8 Å². The van der Waals surface area contributed by atoms with Crippen LogP contribution in [0.2, 0.25) is 0 Å². The molecule has 1 N–H and O–H groups in total. The van der Waals surface area contributed by atoms with Crippen LogP contribution in [0, 0.1) is 19.7 Å². The monoisotopic (exact) mass is 480 g/mol. The summed E-state index contributed by atoms with van der Waals surface area (Å²) < 4.78 is 24.0. The number of carbonyl (C=O) groups is 3. The Morgan fingerprint density at radius 2 is 1.83 bits per heavy atom. The van der Waals surface area contributed by atoms with Gasteiger partial charge in [0, 0.05) is 17.2 Å². The fourth-order valence-electron chi connectivity index (χ4n) is 2.39. The van der Waals surface area contributed by atoms with Crippen molar-refractivity contribution in [1.29, 1.82) is 0 Å². The molecule has 0 fully saturated rings. The molecule has 2 aromatic carbocycles. The molecule has 0 aliphatic carbocycles. The van der Waals surface area contributed by atoms with Gasteiger partial charge in [0.25, 0.3) is 5.91 Å². The predicted octanol–water partition coefficient (Wildman–Crippen LogP) is 3.22. The van der Waals surface area contributed by atoms with E-state index in [4.69, 9.17) is 9.47 Å². The van der Waals surface area contributed by atoms with E-state index in [-0.39, 0.29) is 18.2 Å². The summed E-state index contributed by atoms with van der Waals surface area (Å²) in [5.41, 5.74) is 2.57. The maximum absolute atomic E-state index is 13.6. The summed E-state index contributed by atoms with van der Waals surface area (Å²) in [5, 5.41) is 2.75. The standard InChI is InChI=1S/C21H22BrFN2O5/c1-13-4-5-14(2)17(8-13)24-19(26)10-25(3)20(27)11-30-21(28)12-29-18-7-6-15(22)9-16(18)23/h4-9H,10-12H2,1-3H3,(H,24,26). The van der Waals surface area contributed by atoms with E-state index in [1.165, 1.54) is 19.2 Å². The average molecular weight is 481 g/mol. The quantitative estimate of drug-likeness (QED) is 0.586. The van der Waals surface area contributed by atoms with Crippen LogP contribution >= 0.6 is 15.9 Å². The number of nitrogens with one attached hydrogen (secondary N) is 1. The van der Waals surface area contributed by atoms with Crippen LogP contribution in [0.25, 0.3) is 0 Å². The third kappa shape index (κ3) is 7.14. The van der Waals surface area contributed by atoms with Crippen molar-refractivity contribution in [3.63, 3.8) is 0 Å². The number of hydrogen-bond acceptors (Lipinski definition) is 5. The van der Waals surface area contributed by atoms with Crippen molar-refractivity contribution in [2.75, 3.05) is 32.1 Å². The van der Waals surface area contributed by atoms with Crippen molar-refractivity contribution in [1.82, 2.24) is 4.90 Å². The number of rotatable bonds is 8. The van der Waals surface area contributed by atoms with Crippen LogP contribution in [-0.2, 0) is 19.1 Å². The molecule has 0 saturated heterocycles. The highest BCUT2D eigenvalue weighted by Crippen LogP contribution is 2.21. The number of likely N-dealkylation sites (N-methyl/N-ethyl adjacent to an activating group) is 1. The number of aryl methyl sites for hydroxylation is 2. The first-order chi connectivity index (χ1) is 14.2. The summed E-state index contributed by atoms with van der Waals surface area (Å²) >= 11 is 3.11. The van der Waals surface area contributed by atoms with Crippen molar-refractivity contribution >= 4 is 39.4 Å². The van der Waals surface area contributed by atoms with Crippen LogP contribution in [0.15, 0.2) is 40.9 Å². The molecule has 0 saturated carbocycles. The lowest BCUT2D eigenvalue weighted by Gasteiger charge is -2.17. The third-order valence-electron chi connectivity index (χ3n) is 4.07. The number of esters is 1. The maximum Gasteiger partial charge on any atom is 0.344 e. The summed E-state index contributed by atoms with van der Waals surface area (Å²) in [5.74, 6) is -2.52. The number of nitrogens with zero attached hydrogens (tertiary/aromatic N) is 1. The van der Waals surface area contributed by atoms with Gasteiger partial charge in [0.05, 0.1) is 6.54 Å². The molecule has 2 amide bonds. The van der Waals surface area contributed by atoms with Gasteiger partial charge in [0.1, 0.15) is 0 Å². The Bertz CT molecular complexity index is 951. The molecular weight excluding hydrogens is 459 g/mol. The second-order valence-corrected chi connectivity index (χ2v) is 7.56. The van der Waals surface area contributed by atoms with E-state index >= 15 is 0 Å². The van der Waals surface area contributed by atoms with Gasteiger partial charge in [-0.05, 0) is 49.2 Å². The van der Waals surface area contributed by atoms with Gasteiger partial charge in [-0.15, -0.1) is 0 Å². The first-order valence-electron chi connectivity index (χ1n) is 9.00. The zero-order chi connectivity index (χ0) is 22.3. The Morgan fingerprint density at radius 1 is 1.10 bits per heavy atom. The molecule has 2 rings (SSSR count). The lowest BCUT2D eigenvalue weighted by atomic mass is 10.1. The Kier molecular flexibility index (Phi) is 8.35. The largest absolute Gasteiger partial charge is 0.479 e. The Morgan fingerprint density at radius 3 is 2.53 bits per heavy atom. The van der Waals surface area contributed by atoms with Gasteiger partial charge >= 0.3 is 5.97 Å². The number of anilines is 1. The molecule has 0 radical (unpaired) electrons. The van der Waals surface area contributed by atoms with E-state index in [0.717, 1.165) is 16.0 Å². The number of benzene rings is 2. The molecule has 0 heterocycles. The average Bonchev–Trinajstić information content (AvgIpc) is 2.68. The van der Waals surface area contributed by atoms with Crippen molar-refractivity contribution in [2.24, 2.45) is 0 Å². The van der Waals surface area contributed by atoms with Crippen LogP contribution < -0.4 is 10.1 Å². The SMILES string of the molecule is Cc1ccc(C)c(NC(=O)CN(C)C(=O)COC(=O)COc2ccc(Br)cc2F)c1. The first-order valence-corrected chi connectivity index (χ1v) is 9.79. The van der Waals surface area contributed by atoms with E-state index in [2.05, 4.69) is 21.2 Å². The van der Waals surface area contributed by atoms with Gasteiger partial charge in [0.2, 0.25) is 5.91 Å². The van der Waals surface area contributed by atoms with Crippen LogP contribution in [-0.4, -0.2) is 49.5 Å². The fourth-order valence-corrected chi connectivity index (χ4v) is 2.72. The van der Waals surface area contributed by atoms with E-state index in [1.54, 1.807) is 6.07 Å². The molecule has 7 nitrogen and oxygen atoms in total. The van der Waals surface area contributed by atoms with Gasteiger partial charge in [-0.3, -0.25) is 9.59 Å². The zero-order valence-electron chi connectivity index (χ0n) is 16.8. The summed E-state index contributed by atoms with van der Waals surface area (Å²) in [7, 11) is 1.42. The number of hydrogen-bond donors (Lipinski definition) is 1. The Labute approximate surface area is 182 Å². The molecule has 9 heteroatoms. The topological polar surface area (TPSA) is 84.9 Å². The predicted molar refractivity (Wildman–Crippen MR) is 113 cm³/mol. The summed E-state index contributed by atoms with van der Waals surface area (Å²) in [6, 6.07) is 9.78. The highest BCUT2D eigenvalue weighted by atomic mass is 79.9. The highest BCUT2D eigenvalue weighted by molar-refractivity contribution is 9.10. The molecule has 2 aromatic rings. The molecule has 0 unspecified atom stereocenters. The molecule has 0 aliphatic heterocycles. The van der Waals surface area contributed by atoms with Gasteiger partial charge < -0.3 is 19.7 Å². The van der Waals surface area contributed by atoms with Crippen molar-refractivity contribution in [3.05, 3.63) is 57.8 Å². The number of amides is 2. The number of ether oxygens (including phenoxy) is 2. The molecule has 0 aromatic heterocycles. The van der Waals surface area contributed by atoms with E-state index in [9.17, 15) is 18.8 Å². The Hall–Kier alpha value is -2.94. The minimum absolute atomic E-state index is 0.110. The first kappa shape index (κ1) is 23.3. The highest BCUT2D eigenvalue weighted by Gasteiger charge is 2.16. The molecule has 30 heavy (non-hydrogen) atoms. The van der Waals surface area contributed by atoms with Crippen LogP contribution in [0.5, 0.6) is 5.75 Å². The molecule has 0 bridgehead atoms. The lowest BCUT2D eigenvalue weighted by Crippen LogP contribution is -2.37. The van der Waals surface area contributed by atoms with E-state index < -0.39 is 30.9 Å². The molecule has 0 atom stereocenters. The fraction of sp³-hybridized carbons (Fsp3) is 0.286. The van der Waals surface area contributed by atoms with Crippen molar-refractivity contribution < 1.29 is 28.2 Å².